The van der Waals surface area contributed by atoms with E-state index >= 15 is 0 Å². The van der Waals surface area contributed by atoms with Crippen LogP contribution >= 0.6 is 11.3 Å². The number of likely N-dealkylation sites (tertiary alicyclic amines) is 1. The molecule has 1 saturated heterocycles. The molecule has 4 nitrogen and oxygen atoms in total. The van der Waals surface area contributed by atoms with Crippen LogP contribution in [0.1, 0.15) is 69.5 Å². The molecule has 1 fully saturated rings. The van der Waals surface area contributed by atoms with E-state index in [9.17, 15) is 4.79 Å². The molecule has 0 spiro atoms. The van der Waals surface area contributed by atoms with Crippen molar-refractivity contribution in [1.82, 2.24) is 15.2 Å². The van der Waals surface area contributed by atoms with Crippen LogP contribution < -0.4 is 5.32 Å². The fraction of sp³-hybridized carbons (Fsp3) is 0.778. The molecule has 1 atom stereocenters. The van der Waals surface area contributed by atoms with E-state index in [1.807, 2.05) is 0 Å². The summed E-state index contributed by atoms with van der Waals surface area (Å²) in [5.74, 6) is 0.652. The van der Waals surface area contributed by atoms with Gasteiger partial charge in [-0.15, -0.1) is 11.3 Å². The smallest absolute Gasteiger partial charge is 0.221 e. The van der Waals surface area contributed by atoms with E-state index < -0.39 is 0 Å². The highest BCUT2D eigenvalue weighted by Crippen LogP contribution is 2.19. The minimum Gasteiger partial charge on any atom is -0.356 e. The second-order valence-corrected chi connectivity index (χ2v) is 7.82. The van der Waals surface area contributed by atoms with E-state index in [1.165, 1.54) is 30.7 Å². The Hall–Kier alpha value is -0.940. The van der Waals surface area contributed by atoms with Crippen LogP contribution in [0.4, 0.5) is 0 Å². The zero-order chi connectivity index (χ0) is 16.7. The van der Waals surface area contributed by atoms with Gasteiger partial charge in [0, 0.05) is 36.7 Å². The van der Waals surface area contributed by atoms with Gasteiger partial charge in [0.05, 0.1) is 10.7 Å². The zero-order valence-corrected chi connectivity index (χ0v) is 15.6. The van der Waals surface area contributed by atoms with Crippen molar-refractivity contribution in [2.45, 2.75) is 71.3 Å². The minimum absolute atomic E-state index is 0.168. The Morgan fingerprint density at radius 1 is 1.26 bits per heavy atom. The van der Waals surface area contributed by atoms with Crippen LogP contribution in [0.2, 0.25) is 0 Å². The molecule has 2 heterocycles. The number of nitrogens with zero attached hydrogens (tertiary/aromatic N) is 2. The lowest BCUT2D eigenvalue weighted by molar-refractivity contribution is -0.122. The minimum atomic E-state index is 0.168. The first-order valence-corrected chi connectivity index (χ1v) is 9.89. The van der Waals surface area contributed by atoms with Gasteiger partial charge in [-0.25, -0.2) is 4.98 Å². The van der Waals surface area contributed by atoms with Gasteiger partial charge in [-0.1, -0.05) is 26.7 Å². The monoisotopic (exact) mass is 337 g/mol. The molecule has 0 bridgehead atoms. The van der Waals surface area contributed by atoms with Gasteiger partial charge in [-0.3, -0.25) is 4.79 Å². The van der Waals surface area contributed by atoms with Crippen LogP contribution in [-0.2, 0) is 11.2 Å². The second kappa shape index (κ2) is 9.38. The van der Waals surface area contributed by atoms with E-state index in [0.29, 0.717) is 24.9 Å². The van der Waals surface area contributed by atoms with Crippen LogP contribution in [-0.4, -0.2) is 41.5 Å². The molecule has 1 N–H and O–H groups in total. The summed E-state index contributed by atoms with van der Waals surface area (Å²) in [6.07, 6.45) is 6.64. The highest BCUT2D eigenvalue weighted by atomic mass is 32.1. The molecule has 0 aliphatic carbocycles. The molecule has 5 heteroatoms. The Balaban J connectivity index is 1.67. The number of hydrogen-bond donors (Lipinski definition) is 1. The van der Waals surface area contributed by atoms with E-state index in [-0.39, 0.29) is 5.91 Å². The maximum Gasteiger partial charge on any atom is 0.221 e. The molecule has 1 aromatic rings. The van der Waals surface area contributed by atoms with Gasteiger partial charge in [-0.2, -0.15) is 0 Å². The summed E-state index contributed by atoms with van der Waals surface area (Å²) in [6, 6.07) is 0.347. The molecule has 0 saturated carbocycles. The summed E-state index contributed by atoms with van der Waals surface area (Å²) < 4.78 is 0. The predicted molar refractivity (Wildman–Crippen MR) is 97.0 cm³/mol. The summed E-state index contributed by atoms with van der Waals surface area (Å²) >= 11 is 1.72. The molecule has 2 rings (SSSR count). The maximum absolute atomic E-state index is 12.1. The SMILES string of the molecule is CC(C)c1nc(CCNC(=O)C[C@H](C)N2CCCCCC2)cs1. The average molecular weight is 338 g/mol. The molecular formula is C18H31N3OS. The fourth-order valence-corrected chi connectivity index (χ4v) is 3.91. The first kappa shape index (κ1) is 18.4. The second-order valence-electron chi connectivity index (χ2n) is 6.94. The molecule has 1 aliphatic rings. The molecule has 23 heavy (non-hydrogen) atoms. The highest BCUT2D eigenvalue weighted by Gasteiger charge is 2.18. The van der Waals surface area contributed by atoms with Crippen molar-refractivity contribution in [2.24, 2.45) is 0 Å². The molecular weight excluding hydrogens is 306 g/mol. The lowest BCUT2D eigenvalue weighted by Gasteiger charge is -2.27. The highest BCUT2D eigenvalue weighted by molar-refractivity contribution is 7.09. The Kier molecular flexibility index (Phi) is 7.50. The van der Waals surface area contributed by atoms with Gasteiger partial charge < -0.3 is 10.2 Å². The zero-order valence-electron chi connectivity index (χ0n) is 14.8. The number of aromatic nitrogens is 1. The topological polar surface area (TPSA) is 45.2 Å². The summed E-state index contributed by atoms with van der Waals surface area (Å²) in [4.78, 5) is 19.2. The van der Waals surface area contributed by atoms with Crippen molar-refractivity contribution >= 4 is 17.2 Å². The van der Waals surface area contributed by atoms with Gasteiger partial charge in [0.2, 0.25) is 5.91 Å². The number of rotatable bonds is 7. The third-order valence-electron chi connectivity index (χ3n) is 4.51. The van der Waals surface area contributed by atoms with E-state index in [2.05, 4.69) is 41.4 Å². The Morgan fingerprint density at radius 2 is 1.96 bits per heavy atom. The Morgan fingerprint density at radius 3 is 2.57 bits per heavy atom. The van der Waals surface area contributed by atoms with E-state index in [1.54, 1.807) is 11.3 Å². The number of carbonyl (C=O) groups excluding carboxylic acids is 1. The van der Waals surface area contributed by atoms with Crippen LogP contribution in [0.15, 0.2) is 5.38 Å². The first-order chi connectivity index (χ1) is 11.1. The molecule has 1 amide bonds. The van der Waals surface area contributed by atoms with Crippen molar-refractivity contribution < 1.29 is 4.79 Å². The predicted octanol–water partition coefficient (Wildman–Crippen LogP) is 3.58. The normalized spacial score (nSPS) is 17.9. The average Bonchev–Trinajstić information content (AvgIpc) is 2.81. The lowest BCUT2D eigenvalue weighted by atomic mass is 10.2. The first-order valence-electron chi connectivity index (χ1n) is 9.01. The van der Waals surface area contributed by atoms with Gasteiger partial charge in [-0.05, 0) is 32.9 Å². The van der Waals surface area contributed by atoms with Gasteiger partial charge in [0.25, 0.3) is 0 Å². The van der Waals surface area contributed by atoms with Gasteiger partial charge in [0.1, 0.15) is 0 Å². The largest absolute Gasteiger partial charge is 0.356 e. The summed E-state index contributed by atoms with van der Waals surface area (Å²) in [5.41, 5.74) is 1.10. The van der Waals surface area contributed by atoms with Crippen molar-refractivity contribution in [3.8, 4) is 0 Å². The van der Waals surface area contributed by atoms with Crippen molar-refractivity contribution in [3.63, 3.8) is 0 Å². The summed E-state index contributed by atoms with van der Waals surface area (Å²) in [7, 11) is 0. The van der Waals surface area contributed by atoms with Crippen molar-refractivity contribution in [2.75, 3.05) is 19.6 Å². The lowest BCUT2D eigenvalue weighted by Crippen LogP contribution is -2.38. The van der Waals surface area contributed by atoms with Crippen LogP contribution in [0.25, 0.3) is 0 Å². The third-order valence-corrected chi connectivity index (χ3v) is 5.71. The molecule has 1 aliphatic heterocycles. The number of hydrogen-bond acceptors (Lipinski definition) is 4. The van der Waals surface area contributed by atoms with Crippen LogP contribution in [0.3, 0.4) is 0 Å². The summed E-state index contributed by atoms with van der Waals surface area (Å²) in [5, 5.41) is 6.35. The van der Waals surface area contributed by atoms with E-state index in [4.69, 9.17) is 0 Å². The van der Waals surface area contributed by atoms with Crippen LogP contribution in [0, 0.1) is 0 Å². The molecule has 0 radical (unpaired) electrons. The molecule has 1 aromatic heterocycles. The van der Waals surface area contributed by atoms with Gasteiger partial charge in [0.15, 0.2) is 0 Å². The molecule has 0 aromatic carbocycles. The van der Waals surface area contributed by atoms with Crippen LogP contribution in [0.5, 0.6) is 0 Å². The Labute approximate surface area is 144 Å². The standard InChI is InChI=1S/C18H31N3OS/c1-14(2)18-20-16(13-23-18)8-9-19-17(22)12-15(3)21-10-6-4-5-7-11-21/h13-15H,4-12H2,1-3H3,(H,19,22)/t15-/m0/s1. The van der Waals surface area contributed by atoms with Crippen molar-refractivity contribution in [1.29, 1.82) is 0 Å². The molecule has 0 unspecified atom stereocenters. The number of carbonyl (C=O) groups is 1. The van der Waals surface area contributed by atoms with E-state index in [0.717, 1.165) is 25.2 Å². The number of amides is 1. The summed E-state index contributed by atoms with van der Waals surface area (Å²) in [6.45, 7) is 9.48. The number of thiazole rings is 1. The maximum atomic E-state index is 12.1. The Bertz CT molecular complexity index is 478. The fourth-order valence-electron chi connectivity index (χ4n) is 3.04. The van der Waals surface area contributed by atoms with Crippen molar-refractivity contribution in [3.05, 3.63) is 16.1 Å². The van der Waals surface area contributed by atoms with Gasteiger partial charge >= 0.3 is 0 Å². The quantitative estimate of drug-likeness (QED) is 0.827. The third kappa shape index (κ3) is 6.22. The molecule has 130 valence electrons. The number of nitrogens with one attached hydrogen (secondary N) is 1.